The van der Waals surface area contributed by atoms with Crippen molar-refractivity contribution in [3.63, 3.8) is 0 Å². The number of para-hydroxylation sites is 1. The summed E-state index contributed by atoms with van der Waals surface area (Å²) in [6.45, 7) is 5.87. The lowest BCUT2D eigenvalue weighted by atomic mass is 10.3. The Morgan fingerprint density at radius 3 is 2.96 bits per heavy atom. The minimum Gasteiger partial charge on any atom is -0.361 e. The number of nitrogens with zero attached hydrogens (tertiary/aromatic N) is 5. The zero-order chi connectivity index (χ0) is 19.1. The molecule has 1 aliphatic rings. The quantitative estimate of drug-likeness (QED) is 0.533. The predicted molar refractivity (Wildman–Crippen MR) is 108 cm³/mol. The number of aryl methyl sites for hydroxylation is 1. The third kappa shape index (κ3) is 3.18. The molecular formula is C20H21N5O2S. The summed E-state index contributed by atoms with van der Waals surface area (Å²) in [6, 6.07) is 10.1. The summed E-state index contributed by atoms with van der Waals surface area (Å²) in [4.78, 5) is 22.7. The van der Waals surface area contributed by atoms with Gasteiger partial charge in [-0.1, -0.05) is 28.6 Å². The number of hydrogen-bond donors (Lipinski definition) is 0. The van der Waals surface area contributed by atoms with E-state index in [2.05, 4.69) is 27.2 Å². The molecule has 1 amide bonds. The van der Waals surface area contributed by atoms with Gasteiger partial charge >= 0.3 is 0 Å². The predicted octanol–water partition coefficient (Wildman–Crippen LogP) is 3.19. The number of aromatic nitrogens is 3. The van der Waals surface area contributed by atoms with Crippen LogP contribution in [0.15, 0.2) is 41.1 Å². The largest absolute Gasteiger partial charge is 0.361 e. The highest BCUT2D eigenvalue weighted by Gasteiger charge is 2.23. The standard InChI is InChI=1S/C20H21N5O2S/c1-14-11-15(22-27-14)12-23-7-4-8-24(10-9-23)19(26)16-13-25-17-5-2-3-6-18(17)28-20(25)21-16/h2-3,5-6,11,13H,4,7-10,12H2,1H3. The summed E-state index contributed by atoms with van der Waals surface area (Å²) in [6.07, 6.45) is 2.81. The van der Waals surface area contributed by atoms with E-state index in [-0.39, 0.29) is 5.91 Å². The van der Waals surface area contributed by atoms with Gasteiger partial charge < -0.3 is 9.42 Å². The minimum atomic E-state index is 0.0131. The summed E-state index contributed by atoms with van der Waals surface area (Å²) in [5.41, 5.74) is 2.56. The van der Waals surface area contributed by atoms with Gasteiger partial charge in [0.05, 0.1) is 15.9 Å². The third-order valence-electron chi connectivity index (χ3n) is 5.16. The van der Waals surface area contributed by atoms with Crippen molar-refractivity contribution in [3.05, 3.63) is 53.7 Å². The Morgan fingerprint density at radius 2 is 2.11 bits per heavy atom. The molecule has 0 aliphatic carbocycles. The van der Waals surface area contributed by atoms with Crippen LogP contribution in [-0.4, -0.2) is 56.4 Å². The molecule has 0 saturated carbocycles. The summed E-state index contributed by atoms with van der Waals surface area (Å²) < 4.78 is 8.35. The summed E-state index contributed by atoms with van der Waals surface area (Å²) in [5.74, 6) is 0.841. The molecule has 5 rings (SSSR count). The Hall–Kier alpha value is -2.71. The highest BCUT2D eigenvalue weighted by molar-refractivity contribution is 7.23. The Bertz CT molecular complexity index is 1140. The number of hydrogen-bond acceptors (Lipinski definition) is 6. The van der Waals surface area contributed by atoms with Crippen molar-refractivity contribution in [3.8, 4) is 0 Å². The minimum absolute atomic E-state index is 0.0131. The molecule has 0 spiro atoms. The highest BCUT2D eigenvalue weighted by atomic mass is 32.1. The molecule has 4 heterocycles. The highest BCUT2D eigenvalue weighted by Crippen LogP contribution is 2.26. The number of amides is 1. The maximum atomic E-state index is 13.0. The lowest BCUT2D eigenvalue weighted by Crippen LogP contribution is -2.35. The molecule has 0 bridgehead atoms. The van der Waals surface area contributed by atoms with Crippen LogP contribution in [-0.2, 0) is 6.54 Å². The van der Waals surface area contributed by atoms with Crippen LogP contribution in [0.1, 0.15) is 28.4 Å². The first kappa shape index (κ1) is 17.4. The number of carbonyl (C=O) groups excluding carboxylic acids is 1. The lowest BCUT2D eigenvalue weighted by Gasteiger charge is -2.20. The fraction of sp³-hybridized carbons (Fsp3) is 0.350. The van der Waals surface area contributed by atoms with E-state index in [0.717, 1.165) is 54.5 Å². The van der Waals surface area contributed by atoms with Crippen molar-refractivity contribution in [1.82, 2.24) is 24.3 Å². The van der Waals surface area contributed by atoms with E-state index in [1.165, 1.54) is 4.70 Å². The van der Waals surface area contributed by atoms with Crippen LogP contribution in [0.5, 0.6) is 0 Å². The number of imidazole rings is 1. The van der Waals surface area contributed by atoms with Crippen LogP contribution in [0.4, 0.5) is 0 Å². The van der Waals surface area contributed by atoms with Gasteiger partial charge in [-0.05, 0) is 25.5 Å². The van der Waals surface area contributed by atoms with Gasteiger partial charge in [0.15, 0.2) is 4.96 Å². The van der Waals surface area contributed by atoms with Gasteiger partial charge in [-0.3, -0.25) is 14.1 Å². The number of benzene rings is 1. The fourth-order valence-corrected chi connectivity index (χ4v) is 4.78. The molecular weight excluding hydrogens is 374 g/mol. The molecule has 8 heteroatoms. The number of fused-ring (bicyclic) bond motifs is 3. The number of thiazole rings is 1. The molecule has 1 fully saturated rings. The summed E-state index contributed by atoms with van der Waals surface area (Å²) in [7, 11) is 0. The van der Waals surface area contributed by atoms with Crippen molar-refractivity contribution in [1.29, 1.82) is 0 Å². The van der Waals surface area contributed by atoms with Gasteiger partial charge in [0.2, 0.25) is 0 Å². The summed E-state index contributed by atoms with van der Waals surface area (Å²) in [5, 5.41) is 4.08. The van der Waals surface area contributed by atoms with Crippen molar-refractivity contribution in [2.24, 2.45) is 0 Å². The number of carbonyl (C=O) groups is 1. The zero-order valence-electron chi connectivity index (χ0n) is 15.7. The molecule has 0 N–H and O–H groups in total. The van der Waals surface area contributed by atoms with Gasteiger partial charge in [-0.2, -0.15) is 0 Å². The maximum absolute atomic E-state index is 13.0. The van der Waals surface area contributed by atoms with Gasteiger partial charge in [0, 0.05) is 45.0 Å². The zero-order valence-corrected chi connectivity index (χ0v) is 16.5. The average Bonchev–Trinajstić information content (AvgIpc) is 3.32. The fourth-order valence-electron chi connectivity index (χ4n) is 3.77. The van der Waals surface area contributed by atoms with Crippen LogP contribution in [0.3, 0.4) is 0 Å². The molecule has 7 nitrogen and oxygen atoms in total. The van der Waals surface area contributed by atoms with Gasteiger partial charge in [0.1, 0.15) is 11.5 Å². The topological polar surface area (TPSA) is 66.9 Å². The van der Waals surface area contributed by atoms with E-state index in [1.54, 1.807) is 11.3 Å². The first-order valence-electron chi connectivity index (χ1n) is 9.48. The lowest BCUT2D eigenvalue weighted by molar-refractivity contribution is 0.0756. The van der Waals surface area contributed by atoms with Crippen molar-refractivity contribution in [2.45, 2.75) is 19.9 Å². The molecule has 1 saturated heterocycles. The average molecular weight is 395 g/mol. The molecule has 3 aromatic heterocycles. The Morgan fingerprint density at radius 1 is 1.21 bits per heavy atom. The van der Waals surface area contributed by atoms with E-state index < -0.39 is 0 Å². The van der Waals surface area contributed by atoms with Crippen molar-refractivity contribution in [2.75, 3.05) is 26.2 Å². The second kappa shape index (κ2) is 7.03. The van der Waals surface area contributed by atoms with E-state index >= 15 is 0 Å². The van der Waals surface area contributed by atoms with Crippen LogP contribution < -0.4 is 0 Å². The van der Waals surface area contributed by atoms with E-state index in [4.69, 9.17) is 4.52 Å². The third-order valence-corrected chi connectivity index (χ3v) is 6.19. The monoisotopic (exact) mass is 395 g/mol. The molecule has 28 heavy (non-hydrogen) atoms. The first-order valence-corrected chi connectivity index (χ1v) is 10.3. The van der Waals surface area contributed by atoms with Crippen molar-refractivity contribution >= 4 is 32.4 Å². The second-order valence-electron chi connectivity index (χ2n) is 7.20. The molecule has 4 aromatic rings. The normalized spacial score (nSPS) is 16.1. The molecule has 1 aromatic carbocycles. The summed E-state index contributed by atoms with van der Waals surface area (Å²) >= 11 is 1.61. The Balaban J connectivity index is 1.30. The Kier molecular flexibility index (Phi) is 4.37. The van der Waals surface area contributed by atoms with Crippen LogP contribution in [0, 0.1) is 6.92 Å². The van der Waals surface area contributed by atoms with Crippen LogP contribution >= 0.6 is 11.3 Å². The smallest absolute Gasteiger partial charge is 0.274 e. The van der Waals surface area contributed by atoms with E-state index in [9.17, 15) is 4.79 Å². The Labute approximate surface area is 166 Å². The molecule has 0 radical (unpaired) electrons. The van der Waals surface area contributed by atoms with Gasteiger partial charge in [-0.15, -0.1) is 0 Å². The molecule has 144 valence electrons. The van der Waals surface area contributed by atoms with Gasteiger partial charge in [0.25, 0.3) is 5.91 Å². The van der Waals surface area contributed by atoms with E-state index in [1.807, 2.05) is 40.6 Å². The molecule has 1 aliphatic heterocycles. The van der Waals surface area contributed by atoms with Crippen molar-refractivity contribution < 1.29 is 9.32 Å². The van der Waals surface area contributed by atoms with Crippen LogP contribution in [0.25, 0.3) is 15.2 Å². The molecule has 0 atom stereocenters. The first-order chi connectivity index (χ1) is 13.7. The van der Waals surface area contributed by atoms with Gasteiger partial charge in [-0.25, -0.2) is 4.98 Å². The van der Waals surface area contributed by atoms with E-state index in [0.29, 0.717) is 12.2 Å². The number of rotatable bonds is 3. The van der Waals surface area contributed by atoms with Crippen LogP contribution in [0.2, 0.25) is 0 Å². The maximum Gasteiger partial charge on any atom is 0.274 e. The molecule has 0 unspecified atom stereocenters. The SMILES string of the molecule is Cc1cc(CN2CCCN(C(=O)c3cn4c(n3)sc3ccccc34)CC2)no1. The second-order valence-corrected chi connectivity index (χ2v) is 8.21.